The number of hydrogen-bond acceptors (Lipinski definition) is 3. The van der Waals surface area contributed by atoms with Crippen molar-refractivity contribution < 1.29 is 0 Å². The second kappa shape index (κ2) is 4.22. The van der Waals surface area contributed by atoms with Gasteiger partial charge in [-0.15, -0.1) is 0 Å². The minimum Gasteiger partial charge on any atom is -0.380 e. The van der Waals surface area contributed by atoms with Crippen LogP contribution in [0, 0.1) is 0 Å². The molecule has 2 aliphatic rings. The van der Waals surface area contributed by atoms with E-state index in [4.69, 9.17) is 11.6 Å². The lowest BCUT2D eigenvalue weighted by atomic mass is 10.2. The van der Waals surface area contributed by atoms with Crippen molar-refractivity contribution in [2.75, 3.05) is 18.4 Å². The number of pyridine rings is 1. The van der Waals surface area contributed by atoms with Gasteiger partial charge in [-0.05, 0) is 25.3 Å². The van der Waals surface area contributed by atoms with Gasteiger partial charge in [0.15, 0.2) is 0 Å². The first-order chi connectivity index (χ1) is 7.83. The Labute approximate surface area is 101 Å². The van der Waals surface area contributed by atoms with Crippen molar-refractivity contribution in [2.45, 2.75) is 31.3 Å². The van der Waals surface area contributed by atoms with E-state index in [2.05, 4.69) is 15.2 Å². The number of anilines is 1. The van der Waals surface area contributed by atoms with Gasteiger partial charge < -0.3 is 5.32 Å². The normalized spacial score (nSPS) is 25.9. The second-order valence-corrected chi connectivity index (χ2v) is 5.12. The summed E-state index contributed by atoms with van der Waals surface area (Å²) in [4.78, 5) is 6.58. The van der Waals surface area contributed by atoms with Gasteiger partial charge in [0.1, 0.15) is 0 Å². The smallest absolute Gasteiger partial charge is 0.0820 e. The Morgan fingerprint density at radius 3 is 3.00 bits per heavy atom. The lowest BCUT2D eigenvalue weighted by molar-refractivity contribution is 0.326. The Morgan fingerprint density at radius 2 is 2.25 bits per heavy atom. The molecule has 1 saturated heterocycles. The van der Waals surface area contributed by atoms with Crippen LogP contribution in [0.4, 0.5) is 5.69 Å². The Morgan fingerprint density at radius 1 is 1.38 bits per heavy atom. The summed E-state index contributed by atoms with van der Waals surface area (Å²) in [5.74, 6) is 0. The number of nitrogens with zero attached hydrogens (tertiary/aromatic N) is 2. The van der Waals surface area contributed by atoms with E-state index < -0.39 is 0 Å². The molecule has 1 aromatic heterocycles. The highest BCUT2D eigenvalue weighted by Crippen LogP contribution is 2.31. The lowest BCUT2D eigenvalue weighted by Gasteiger charge is -2.17. The zero-order chi connectivity index (χ0) is 11.0. The Hall–Kier alpha value is -0.800. The van der Waals surface area contributed by atoms with Crippen LogP contribution in [0.25, 0.3) is 0 Å². The van der Waals surface area contributed by atoms with Crippen LogP contribution in [0.15, 0.2) is 18.5 Å². The third kappa shape index (κ3) is 2.15. The predicted octanol–water partition coefficient (Wildman–Crippen LogP) is 2.38. The zero-order valence-corrected chi connectivity index (χ0v) is 9.95. The molecule has 1 unspecified atom stereocenters. The molecule has 1 aliphatic heterocycles. The zero-order valence-electron chi connectivity index (χ0n) is 9.19. The average molecular weight is 238 g/mol. The maximum Gasteiger partial charge on any atom is 0.0820 e. The number of hydrogen-bond donors (Lipinski definition) is 1. The van der Waals surface area contributed by atoms with E-state index in [9.17, 15) is 0 Å². The van der Waals surface area contributed by atoms with Crippen LogP contribution in [0.3, 0.4) is 0 Å². The van der Waals surface area contributed by atoms with Crippen LogP contribution >= 0.6 is 11.6 Å². The molecule has 0 amide bonds. The largest absolute Gasteiger partial charge is 0.380 e. The van der Waals surface area contributed by atoms with Crippen LogP contribution in [0.1, 0.15) is 19.3 Å². The number of rotatable bonds is 3. The summed E-state index contributed by atoms with van der Waals surface area (Å²) in [5.41, 5.74) is 1.01. The minimum atomic E-state index is 0.542. The summed E-state index contributed by atoms with van der Waals surface area (Å²) >= 11 is 6.08. The molecule has 0 radical (unpaired) electrons. The van der Waals surface area contributed by atoms with E-state index in [1.54, 1.807) is 12.4 Å². The second-order valence-electron chi connectivity index (χ2n) is 4.71. The summed E-state index contributed by atoms with van der Waals surface area (Å²) in [6.07, 6.45) is 7.47. The highest BCUT2D eigenvalue weighted by molar-refractivity contribution is 6.33. The van der Waals surface area contributed by atoms with E-state index in [0.29, 0.717) is 11.1 Å². The molecule has 1 saturated carbocycles. The third-order valence-corrected chi connectivity index (χ3v) is 3.72. The summed E-state index contributed by atoms with van der Waals surface area (Å²) in [5, 5.41) is 4.22. The summed E-state index contributed by atoms with van der Waals surface area (Å²) in [7, 11) is 0. The first-order valence-corrected chi connectivity index (χ1v) is 6.31. The average Bonchev–Trinajstić information content (AvgIpc) is 3.03. The number of likely N-dealkylation sites (tertiary alicyclic amines) is 1. The molecule has 4 heteroatoms. The summed E-state index contributed by atoms with van der Waals surface area (Å²) < 4.78 is 0. The van der Waals surface area contributed by atoms with Gasteiger partial charge in [-0.25, -0.2) is 0 Å². The standard InChI is InChI=1S/C12H16ClN3/c13-11-7-14-5-3-12(11)15-9-4-6-16(8-9)10-1-2-10/h3,5,7,9-10H,1-2,4,6,8H2,(H,14,15). The van der Waals surface area contributed by atoms with Gasteiger partial charge in [-0.2, -0.15) is 0 Å². The Kier molecular flexibility index (Phi) is 2.74. The van der Waals surface area contributed by atoms with Crippen molar-refractivity contribution in [1.82, 2.24) is 9.88 Å². The fourth-order valence-corrected chi connectivity index (χ4v) is 2.56. The third-order valence-electron chi connectivity index (χ3n) is 3.42. The molecule has 1 aromatic rings. The highest BCUT2D eigenvalue weighted by Gasteiger charge is 2.34. The number of nitrogens with one attached hydrogen (secondary N) is 1. The van der Waals surface area contributed by atoms with Crippen LogP contribution < -0.4 is 5.32 Å². The van der Waals surface area contributed by atoms with Crippen molar-refractivity contribution >= 4 is 17.3 Å². The maximum absolute atomic E-state index is 6.08. The van der Waals surface area contributed by atoms with Crippen molar-refractivity contribution in [2.24, 2.45) is 0 Å². The van der Waals surface area contributed by atoms with E-state index >= 15 is 0 Å². The van der Waals surface area contributed by atoms with Crippen LogP contribution in [0.5, 0.6) is 0 Å². The van der Waals surface area contributed by atoms with Crippen LogP contribution in [-0.2, 0) is 0 Å². The quantitative estimate of drug-likeness (QED) is 0.875. The molecular weight excluding hydrogens is 222 g/mol. The van der Waals surface area contributed by atoms with E-state index in [1.165, 1.54) is 25.8 Å². The van der Waals surface area contributed by atoms with Gasteiger partial charge in [0.25, 0.3) is 0 Å². The highest BCUT2D eigenvalue weighted by atomic mass is 35.5. The van der Waals surface area contributed by atoms with Gasteiger partial charge in [0, 0.05) is 37.6 Å². The van der Waals surface area contributed by atoms with E-state index in [1.807, 2.05) is 6.07 Å². The SMILES string of the molecule is Clc1cnccc1NC1CCN(C2CC2)C1. The van der Waals surface area contributed by atoms with Crippen molar-refractivity contribution in [3.8, 4) is 0 Å². The van der Waals surface area contributed by atoms with Crippen molar-refractivity contribution in [3.05, 3.63) is 23.5 Å². The molecule has 86 valence electrons. The Bertz CT molecular complexity index is 378. The maximum atomic E-state index is 6.08. The van der Waals surface area contributed by atoms with Crippen molar-refractivity contribution in [1.29, 1.82) is 0 Å². The van der Waals surface area contributed by atoms with Gasteiger partial charge in [0.05, 0.1) is 10.7 Å². The molecular formula is C12H16ClN3. The molecule has 3 rings (SSSR count). The van der Waals surface area contributed by atoms with Gasteiger partial charge in [-0.1, -0.05) is 11.6 Å². The summed E-state index contributed by atoms with van der Waals surface area (Å²) in [6, 6.07) is 3.36. The molecule has 1 atom stereocenters. The molecule has 0 spiro atoms. The first kappa shape index (κ1) is 10.4. The van der Waals surface area contributed by atoms with Crippen LogP contribution in [0.2, 0.25) is 5.02 Å². The molecule has 0 aromatic carbocycles. The molecule has 1 N–H and O–H groups in total. The Balaban J connectivity index is 1.61. The molecule has 3 nitrogen and oxygen atoms in total. The molecule has 2 heterocycles. The molecule has 16 heavy (non-hydrogen) atoms. The molecule has 2 fully saturated rings. The molecule has 1 aliphatic carbocycles. The fourth-order valence-electron chi connectivity index (χ4n) is 2.39. The molecule has 0 bridgehead atoms. The van der Waals surface area contributed by atoms with Crippen molar-refractivity contribution in [3.63, 3.8) is 0 Å². The predicted molar refractivity (Wildman–Crippen MR) is 65.9 cm³/mol. The van der Waals surface area contributed by atoms with Gasteiger partial charge in [0.2, 0.25) is 0 Å². The van der Waals surface area contributed by atoms with E-state index in [-0.39, 0.29) is 0 Å². The number of aromatic nitrogens is 1. The lowest BCUT2D eigenvalue weighted by Crippen LogP contribution is -2.27. The number of halogens is 1. The van der Waals surface area contributed by atoms with E-state index in [0.717, 1.165) is 18.3 Å². The van der Waals surface area contributed by atoms with Crippen LogP contribution in [-0.4, -0.2) is 35.1 Å². The van der Waals surface area contributed by atoms with Gasteiger partial charge >= 0.3 is 0 Å². The van der Waals surface area contributed by atoms with Gasteiger partial charge in [-0.3, -0.25) is 9.88 Å². The first-order valence-electron chi connectivity index (χ1n) is 5.93. The summed E-state index contributed by atoms with van der Waals surface area (Å²) in [6.45, 7) is 2.38. The fraction of sp³-hybridized carbons (Fsp3) is 0.583. The monoisotopic (exact) mass is 237 g/mol. The topological polar surface area (TPSA) is 28.2 Å². The minimum absolute atomic E-state index is 0.542.